The molecule has 0 aliphatic rings. The minimum Gasteiger partial charge on any atom is -0.452 e. The molecule has 11 heteroatoms. The Balaban J connectivity index is 0.000000409. The van der Waals surface area contributed by atoms with Gasteiger partial charge < -0.3 is 10.1 Å². The molecule has 0 atom stereocenters. The van der Waals surface area contributed by atoms with Crippen LogP contribution in [0.25, 0.3) is 0 Å². The Labute approximate surface area is 125 Å². The second-order valence-electron chi connectivity index (χ2n) is 4.11. The number of hydrogen-bond donors (Lipinski definition) is 1. The number of amides is 3. The second kappa shape index (κ2) is 7.81. The number of methoxy groups -OCH3 is 1. The van der Waals surface area contributed by atoms with E-state index in [-0.39, 0.29) is 0 Å². The van der Waals surface area contributed by atoms with E-state index in [0.29, 0.717) is 0 Å². The van der Waals surface area contributed by atoms with Crippen LogP contribution in [0.5, 0.6) is 0 Å². The Bertz CT molecular complexity index is 610. The van der Waals surface area contributed by atoms with E-state index in [1.54, 1.807) is 0 Å². The Kier molecular flexibility index (Phi) is 6.80. The van der Waals surface area contributed by atoms with E-state index in [4.69, 9.17) is 0 Å². The highest BCUT2D eigenvalue weighted by atomic mass is 16.5. The predicted octanol–water partition coefficient (Wildman–Crippen LogP) is -2.19. The number of urea groups is 1. The molecule has 0 unspecified atom stereocenters. The number of nitrogens with zero attached hydrogens (tertiary/aromatic N) is 4. The summed E-state index contributed by atoms with van der Waals surface area (Å²) in [6, 6.07) is -0.494. The van der Waals surface area contributed by atoms with E-state index in [1.165, 1.54) is 42.3 Å². The number of aromatic nitrogens is 3. The molecule has 11 nitrogen and oxygen atoms in total. The molecule has 1 aromatic heterocycles. The number of imide groups is 1. The van der Waals surface area contributed by atoms with E-state index >= 15 is 0 Å². The first-order valence-electron chi connectivity index (χ1n) is 5.96. The fraction of sp³-hybridized carbons (Fsp3) is 0.545. The van der Waals surface area contributed by atoms with Crippen LogP contribution in [-0.2, 0) is 25.9 Å². The van der Waals surface area contributed by atoms with Crippen molar-refractivity contribution in [3.63, 3.8) is 0 Å². The fourth-order valence-corrected chi connectivity index (χ4v) is 1.31. The normalized spacial score (nSPS) is 9.36. The van der Waals surface area contributed by atoms with Crippen LogP contribution in [0.1, 0.15) is 0 Å². The van der Waals surface area contributed by atoms with Crippen molar-refractivity contribution in [2.24, 2.45) is 21.1 Å². The third kappa shape index (κ3) is 4.07. The van der Waals surface area contributed by atoms with Gasteiger partial charge in [0.15, 0.2) is 0 Å². The summed E-state index contributed by atoms with van der Waals surface area (Å²) in [6.45, 7) is 0. The maximum absolute atomic E-state index is 11.1. The molecule has 1 aromatic rings. The van der Waals surface area contributed by atoms with E-state index < -0.39 is 29.2 Å². The Hall–Kier alpha value is -2.85. The lowest BCUT2D eigenvalue weighted by atomic mass is 10.8. The molecule has 0 aliphatic carbocycles. The van der Waals surface area contributed by atoms with Crippen molar-refractivity contribution in [1.82, 2.24) is 23.9 Å². The molecule has 0 saturated carbocycles. The summed E-state index contributed by atoms with van der Waals surface area (Å²) in [5.41, 5.74) is -1.82. The van der Waals surface area contributed by atoms with Crippen LogP contribution in [0.3, 0.4) is 0 Å². The third-order valence-electron chi connectivity index (χ3n) is 2.69. The smallest absolute Gasteiger partial charge is 0.417 e. The summed E-state index contributed by atoms with van der Waals surface area (Å²) in [4.78, 5) is 55.2. The molecule has 0 spiro atoms. The van der Waals surface area contributed by atoms with Gasteiger partial charge in [-0.2, -0.15) is 0 Å². The molecule has 3 amide bonds. The summed E-state index contributed by atoms with van der Waals surface area (Å²) in [7, 11) is 7.94. The van der Waals surface area contributed by atoms with Crippen molar-refractivity contribution >= 4 is 12.1 Å². The highest BCUT2D eigenvalue weighted by Crippen LogP contribution is 1.87. The molecule has 22 heavy (non-hydrogen) atoms. The van der Waals surface area contributed by atoms with Gasteiger partial charge in [0, 0.05) is 35.2 Å². The van der Waals surface area contributed by atoms with Gasteiger partial charge in [0.05, 0.1) is 7.11 Å². The van der Waals surface area contributed by atoms with Crippen molar-refractivity contribution in [2.75, 3.05) is 21.2 Å². The number of nitrogens with one attached hydrogen (secondary N) is 1. The van der Waals surface area contributed by atoms with Crippen molar-refractivity contribution in [2.45, 2.75) is 0 Å². The summed E-state index contributed by atoms with van der Waals surface area (Å²) in [5, 5.41) is 2.27. The van der Waals surface area contributed by atoms with Crippen LogP contribution in [0.4, 0.5) is 9.59 Å². The molecule has 124 valence electrons. The van der Waals surface area contributed by atoms with Crippen LogP contribution < -0.4 is 22.4 Å². The SMILES string of the molecule is CNC(=O)N(C)C(=O)OC.Cn1c(=O)n(C)c(=O)n(C)c1=O. The highest BCUT2D eigenvalue weighted by molar-refractivity contribution is 5.90. The Morgan fingerprint density at radius 3 is 1.50 bits per heavy atom. The number of carbonyl (C=O) groups is 2. The zero-order valence-electron chi connectivity index (χ0n) is 13.2. The van der Waals surface area contributed by atoms with E-state index in [1.807, 2.05) is 0 Å². The van der Waals surface area contributed by atoms with Crippen molar-refractivity contribution < 1.29 is 14.3 Å². The van der Waals surface area contributed by atoms with Gasteiger partial charge in [-0.05, 0) is 0 Å². The molecule has 0 fully saturated rings. The molecule has 0 bridgehead atoms. The van der Waals surface area contributed by atoms with Crippen LogP contribution in [0.2, 0.25) is 0 Å². The summed E-state index contributed by atoms with van der Waals surface area (Å²) >= 11 is 0. The summed E-state index contributed by atoms with van der Waals surface area (Å²) in [5.74, 6) is 0. The van der Waals surface area contributed by atoms with E-state index in [2.05, 4.69) is 10.1 Å². The fourth-order valence-electron chi connectivity index (χ4n) is 1.31. The number of hydrogen-bond acceptors (Lipinski definition) is 6. The van der Waals surface area contributed by atoms with Gasteiger partial charge in [-0.1, -0.05) is 0 Å². The van der Waals surface area contributed by atoms with Crippen molar-refractivity contribution in [3.8, 4) is 0 Å². The molecular formula is C11H19N5O6. The van der Waals surface area contributed by atoms with Gasteiger partial charge in [-0.25, -0.2) is 42.6 Å². The zero-order chi connectivity index (χ0) is 17.6. The van der Waals surface area contributed by atoms with Crippen LogP contribution in [0.15, 0.2) is 14.4 Å². The molecule has 1 rings (SSSR count). The molecule has 0 aromatic carbocycles. The van der Waals surface area contributed by atoms with E-state index in [9.17, 15) is 24.0 Å². The lowest BCUT2D eigenvalue weighted by Crippen LogP contribution is -2.51. The first kappa shape index (κ1) is 19.1. The van der Waals surface area contributed by atoms with Crippen LogP contribution in [0, 0.1) is 0 Å². The molecule has 1 N–H and O–H groups in total. The van der Waals surface area contributed by atoms with Gasteiger partial charge in [0.1, 0.15) is 0 Å². The molecule has 0 radical (unpaired) electrons. The van der Waals surface area contributed by atoms with Crippen molar-refractivity contribution in [1.29, 1.82) is 0 Å². The standard InChI is InChI=1S/C6H9N3O3.C5H10N2O3/c1-7-4(10)8(2)6(12)9(3)5(7)11;1-6-4(8)7(2)5(9)10-3/h1-3H3;1-3H3,(H,6,8). The van der Waals surface area contributed by atoms with Crippen LogP contribution in [-0.4, -0.2) is 51.9 Å². The lowest BCUT2D eigenvalue weighted by molar-refractivity contribution is 0.137. The molecule has 1 heterocycles. The lowest BCUT2D eigenvalue weighted by Gasteiger charge is -2.11. The molecule has 0 saturated heterocycles. The number of rotatable bonds is 0. The molecule has 0 aliphatic heterocycles. The highest BCUT2D eigenvalue weighted by Gasteiger charge is 2.14. The first-order chi connectivity index (χ1) is 10.1. The number of carbonyl (C=O) groups excluding carboxylic acids is 2. The second-order valence-corrected chi connectivity index (χ2v) is 4.11. The maximum atomic E-state index is 11.1. The van der Waals surface area contributed by atoms with E-state index in [0.717, 1.165) is 18.6 Å². The van der Waals surface area contributed by atoms with Gasteiger partial charge in [-0.15, -0.1) is 0 Å². The van der Waals surface area contributed by atoms with Gasteiger partial charge >= 0.3 is 29.2 Å². The van der Waals surface area contributed by atoms with Gasteiger partial charge in [0.2, 0.25) is 0 Å². The predicted molar refractivity (Wildman–Crippen MR) is 76.8 cm³/mol. The average Bonchev–Trinajstić information content (AvgIpc) is 2.54. The largest absolute Gasteiger partial charge is 0.452 e. The topological polar surface area (TPSA) is 125 Å². The zero-order valence-corrected chi connectivity index (χ0v) is 13.2. The number of ether oxygens (including phenoxy) is 1. The Morgan fingerprint density at radius 2 is 1.27 bits per heavy atom. The van der Waals surface area contributed by atoms with Gasteiger partial charge in [0.25, 0.3) is 0 Å². The van der Waals surface area contributed by atoms with Gasteiger partial charge in [-0.3, -0.25) is 0 Å². The minimum atomic E-state index is -0.681. The van der Waals surface area contributed by atoms with Crippen molar-refractivity contribution in [3.05, 3.63) is 31.5 Å². The quantitative estimate of drug-likeness (QED) is 0.579. The maximum Gasteiger partial charge on any atom is 0.417 e. The summed E-state index contributed by atoms with van der Waals surface area (Å²) in [6.07, 6.45) is -0.681. The third-order valence-corrected chi connectivity index (χ3v) is 2.69. The summed E-state index contributed by atoms with van der Waals surface area (Å²) < 4.78 is 6.89. The first-order valence-corrected chi connectivity index (χ1v) is 5.96. The Morgan fingerprint density at radius 1 is 0.955 bits per heavy atom. The molecular weight excluding hydrogens is 298 g/mol. The monoisotopic (exact) mass is 317 g/mol. The average molecular weight is 317 g/mol. The minimum absolute atomic E-state index is 0.494. The van der Waals surface area contributed by atoms with Crippen LogP contribution >= 0.6 is 0 Å².